The van der Waals surface area contributed by atoms with Gasteiger partial charge in [0.05, 0.1) is 11.0 Å². The maximum Gasteiger partial charge on any atom is 0.138 e. The van der Waals surface area contributed by atoms with Crippen LogP contribution in [0.3, 0.4) is 0 Å². The van der Waals surface area contributed by atoms with Crippen molar-refractivity contribution in [3.05, 3.63) is 54.1 Å². The average molecular weight is 234 g/mol. The number of hydrogen-bond donors (Lipinski definition) is 1. The zero-order valence-electron chi connectivity index (χ0n) is 10.1. The van der Waals surface area contributed by atoms with Crippen molar-refractivity contribution in [3.63, 3.8) is 0 Å². The van der Waals surface area contributed by atoms with Gasteiger partial charge in [-0.1, -0.05) is 36.4 Å². The molecule has 2 nitrogen and oxygen atoms in total. The third-order valence-electron chi connectivity index (χ3n) is 3.62. The summed E-state index contributed by atoms with van der Waals surface area (Å²) in [6, 6.07) is 16.8. The van der Waals surface area contributed by atoms with Crippen molar-refractivity contribution in [2.24, 2.45) is 0 Å². The molecule has 0 atom stereocenters. The Balaban J connectivity index is 1.91. The second kappa shape index (κ2) is 3.70. The van der Waals surface area contributed by atoms with Crippen LogP contribution < -0.4 is 0 Å². The van der Waals surface area contributed by atoms with Crippen LogP contribution in [0.15, 0.2) is 48.5 Å². The van der Waals surface area contributed by atoms with Crippen LogP contribution >= 0.6 is 0 Å². The number of H-pyrrole nitrogens is 1. The van der Waals surface area contributed by atoms with E-state index in [1.807, 2.05) is 12.1 Å². The molecular weight excluding hydrogens is 220 g/mol. The number of para-hydroxylation sites is 2. The molecule has 0 unspecified atom stereocenters. The minimum Gasteiger partial charge on any atom is -0.338 e. The van der Waals surface area contributed by atoms with Crippen LogP contribution in [0, 0.1) is 0 Å². The van der Waals surface area contributed by atoms with Crippen LogP contribution in [0.5, 0.6) is 0 Å². The summed E-state index contributed by atoms with van der Waals surface area (Å²) >= 11 is 0. The van der Waals surface area contributed by atoms with Crippen molar-refractivity contribution in [2.45, 2.75) is 18.8 Å². The highest BCUT2D eigenvalue weighted by Crippen LogP contribution is 2.43. The summed E-state index contributed by atoms with van der Waals surface area (Å²) < 4.78 is 0. The molecule has 1 fully saturated rings. The lowest BCUT2D eigenvalue weighted by Crippen LogP contribution is -1.88. The molecule has 1 aliphatic rings. The number of rotatable bonds is 2. The SMILES string of the molecule is c1ccc(C2CC2)c(-c2nc3ccccc3[nH]2)c1. The van der Waals surface area contributed by atoms with Crippen molar-refractivity contribution in [1.82, 2.24) is 9.97 Å². The van der Waals surface area contributed by atoms with Crippen LogP contribution in [-0.4, -0.2) is 9.97 Å². The van der Waals surface area contributed by atoms with E-state index >= 15 is 0 Å². The number of nitrogens with zero attached hydrogens (tertiary/aromatic N) is 1. The van der Waals surface area contributed by atoms with Crippen molar-refractivity contribution in [3.8, 4) is 11.4 Å². The zero-order chi connectivity index (χ0) is 11.9. The minimum atomic E-state index is 0.745. The number of fused-ring (bicyclic) bond motifs is 1. The predicted octanol–water partition coefficient (Wildman–Crippen LogP) is 4.11. The Kier molecular flexibility index (Phi) is 2.04. The van der Waals surface area contributed by atoms with Gasteiger partial charge in [-0.3, -0.25) is 0 Å². The first-order chi connectivity index (χ1) is 8.92. The summed E-state index contributed by atoms with van der Waals surface area (Å²) in [4.78, 5) is 8.12. The monoisotopic (exact) mass is 234 g/mol. The lowest BCUT2D eigenvalue weighted by Gasteiger charge is -2.04. The van der Waals surface area contributed by atoms with Crippen LogP contribution in [-0.2, 0) is 0 Å². The molecule has 4 rings (SSSR count). The van der Waals surface area contributed by atoms with Gasteiger partial charge < -0.3 is 4.98 Å². The van der Waals surface area contributed by atoms with Crippen molar-refractivity contribution in [2.75, 3.05) is 0 Å². The Bertz CT molecular complexity index is 675. The lowest BCUT2D eigenvalue weighted by atomic mass is 10.0. The van der Waals surface area contributed by atoms with Gasteiger partial charge in [-0.2, -0.15) is 0 Å². The lowest BCUT2D eigenvalue weighted by molar-refractivity contribution is 1.12. The molecule has 0 aliphatic heterocycles. The third-order valence-corrected chi connectivity index (χ3v) is 3.62. The standard InChI is InChI=1S/C16H14N2/c1-2-6-13(12(5-1)11-9-10-11)16-17-14-7-3-4-8-15(14)18-16/h1-8,11H,9-10H2,(H,17,18). The average Bonchev–Trinajstić information content (AvgIpc) is 3.17. The number of aromatic amines is 1. The van der Waals surface area contributed by atoms with E-state index < -0.39 is 0 Å². The molecule has 18 heavy (non-hydrogen) atoms. The van der Waals surface area contributed by atoms with Gasteiger partial charge in [0.2, 0.25) is 0 Å². The van der Waals surface area contributed by atoms with Crippen LogP contribution in [0.2, 0.25) is 0 Å². The largest absolute Gasteiger partial charge is 0.338 e. The van der Waals surface area contributed by atoms with Gasteiger partial charge in [-0.15, -0.1) is 0 Å². The van der Waals surface area contributed by atoms with E-state index in [0.717, 1.165) is 22.8 Å². The van der Waals surface area contributed by atoms with Gasteiger partial charge >= 0.3 is 0 Å². The summed E-state index contributed by atoms with van der Waals surface area (Å²) in [6.07, 6.45) is 2.63. The molecule has 3 aromatic rings. The normalized spacial score (nSPS) is 15.1. The molecule has 0 radical (unpaired) electrons. The molecule has 1 N–H and O–H groups in total. The summed E-state index contributed by atoms with van der Waals surface area (Å²) in [5.74, 6) is 1.74. The second-order valence-corrected chi connectivity index (χ2v) is 4.96. The molecule has 88 valence electrons. The van der Waals surface area contributed by atoms with Crippen molar-refractivity contribution < 1.29 is 0 Å². The Morgan fingerprint density at radius 2 is 1.72 bits per heavy atom. The molecule has 2 heteroatoms. The number of hydrogen-bond acceptors (Lipinski definition) is 1. The van der Waals surface area contributed by atoms with Crippen LogP contribution in [0.25, 0.3) is 22.4 Å². The summed E-state index contributed by atoms with van der Waals surface area (Å²) in [7, 11) is 0. The zero-order valence-corrected chi connectivity index (χ0v) is 10.1. The highest BCUT2D eigenvalue weighted by molar-refractivity contribution is 5.80. The van der Waals surface area contributed by atoms with E-state index in [0.29, 0.717) is 0 Å². The third kappa shape index (κ3) is 1.53. The molecule has 0 bridgehead atoms. The Morgan fingerprint density at radius 1 is 0.944 bits per heavy atom. The Hall–Kier alpha value is -2.09. The quantitative estimate of drug-likeness (QED) is 0.710. The van der Waals surface area contributed by atoms with E-state index in [-0.39, 0.29) is 0 Å². The molecule has 1 saturated carbocycles. The molecule has 1 heterocycles. The van der Waals surface area contributed by atoms with Gasteiger partial charge in [-0.25, -0.2) is 4.98 Å². The smallest absolute Gasteiger partial charge is 0.138 e. The predicted molar refractivity (Wildman–Crippen MR) is 73.5 cm³/mol. The van der Waals surface area contributed by atoms with Crippen molar-refractivity contribution >= 4 is 11.0 Å². The van der Waals surface area contributed by atoms with E-state index in [1.54, 1.807) is 0 Å². The topological polar surface area (TPSA) is 28.7 Å². The highest BCUT2D eigenvalue weighted by atomic mass is 14.9. The van der Waals surface area contributed by atoms with Gasteiger partial charge in [0.15, 0.2) is 0 Å². The van der Waals surface area contributed by atoms with Gasteiger partial charge in [0.1, 0.15) is 5.82 Å². The maximum atomic E-state index is 4.70. The van der Waals surface area contributed by atoms with Crippen molar-refractivity contribution in [1.29, 1.82) is 0 Å². The first kappa shape index (κ1) is 9.89. The second-order valence-electron chi connectivity index (χ2n) is 4.96. The molecule has 2 aromatic carbocycles. The molecule has 0 saturated heterocycles. The molecule has 1 aromatic heterocycles. The fraction of sp³-hybridized carbons (Fsp3) is 0.188. The first-order valence-electron chi connectivity index (χ1n) is 6.46. The molecule has 0 spiro atoms. The van der Waals surface area contributed by atoms with E-state index in [2.05, 4.69) is 41.4 Å². The molecule has 0 amide bonds. The summed E-state index contributed by atoms with van der Waals surface area (Å²) in [5, 5.41) is 0. The van der Waals surface area contributed by atoms with E-state index in [1.165, 1.54) is 24.0 Å². The minimum absolute atomic E-state index is 0.745. The van der Waals surface area contributed by atoms with Crippen LogP contribution in [0.4, 0.5) is 0 Å². The summed E-state index contributed by atoms with van der Waals surface area (Å²) in [6.45, 7) is 0. The van der Waals surface area contributed by atoms with E-state index in [4.69, 9.17) is 4.98 Å². The fourth-order valence-corrected chi connectivity index (χ4v) is 2.54. The molecule has 1 aliphatic carbocycles. The van der Waals surface area contributed by atoms with Gasteiger partial charge in [0.25, 0.3) is 0 Å². The highest BCUT2D eigenvalue weighted by Gasteiger charge is 2.26. The number of aromatic nitrogens is 2. The van der Waals surface area contributed by atoms with Gasteiger partial charge in [-0.05, 0) is 36.5 Å². The number of nitrogens with one attached hydrogen (secondary N) is 1. The molecular formula is C16H14N2. The van der Waals surface area contributed by atoms with E-state index in [9.17, 15) is 0 Å². The number of benzene rings is 2. The Morgan fingerprint density at radius 3 is 2.56 bits per heavy atom. The summed E-state index contributed by atoms with van der Waals surface area (Å²) in [5.41, 5.74) is 4.85. The number of imidazole rings is 1. The van der Waals surface area contributed by atoms with Gasteiger partial charge in [0, 0.05) is 5.56 Å². The Labute approximate surface area is 106 Å². The first-order valence-corrected chi connectivity index (χ1v) is 6.46. The fourth-order valence-electron chi connectivity index (χ4n) is 2.54. The maximum absolute atomic E-state index is 4.70. The van der Waals surface area contributed by atoms with Crippen LogP contribution in [0.1, 0.15) is 24.3 Å².